The fourth-order valence-corrected chi connectivity index (χ4v) is 4.26. The fourth-order valence-electron chi connectivity index (χ4n) is 3.61. The Morgan fingerprint density at radius 3 is 2.83 bits per heavy atom. The molecule has 0 aliphatic carbocycles. The van der Waals surface area contributed by atoms with Crippen LogP contribution in [0.25, 0.3) is 10.7 Å². The molecule has 7 nitrogen and oxygen atoms in total. The Morgan fingerprint density at radius 1 is 1.20 bits per heavy atom. The highest BCUT2D eigenvalue weighted by atomic mass is 32.1. The van der Waals surface area contributed by atoms with Crippen molar-refractivity contribution in [2.75, 3.05) is 39.8 Å². The van der Waals surface area contributed by atoms with Crippen molar-refractivity contribution in [2.45, 2.75) is 19.3 Å². The van der Waals surface area contributed by atoms with Gasteiger partial charge in [0.15, 0.2) is 0 Å². The van der Waals surface area contributed by atoms with Crippen LogP contribution >= 0.6 is 11.3 Å². The molecule has 4 rings (SSSR count). The van der Waals surface area contributed by atoms with Gasteiger partial charge < -0.3 is 14.2 Å². The van der Waals surface area contributed by atoms with Crippen molar-refractivity contribution in [1.82, 2.24) is 19.9 Å². The van der Waals surface area contributed by atoms with Gasteiger partial charge in [-0.3, -0.25) is 9.69 Å². The molecule has 0 unspecified atom stereocenters. The van der Waals surface area contributed by atoms with E-state index in [4.69, 9.17) is 9.26 Å². The minimum absolute atomic E-state index is 0.176. The zero-order chi connectivity index (χ0) is 20.8. The van der Waals surface area contributed by atoms with Gasteiger partial charge in [-0.25, -0.2) is 0 Å². The molecule has 0 radical (unpaired) electrons. The van der Waals surface area contributed by atoms with Crippen LogP contribution in [0.3, 0.4) is 0 Å². The predicted octanol–water partition coefficient (Wildman–Crippen LogP) is 3.13. The number of rotatable bonds is 8. The second-order valence-corrected chi connectivity index (χ2v) is 8.29. The maximum atomic E-state index is 12.6. The SMILES string of the molecule is COc1cccc(CC(=O)N2CCN(CCCc3nc(-c4cccs4)no3)CC2)c1. The topological polar surface area (TPSA) is 71.7 Å². The van der Waals surface area contributed by atoms with E-state index in [0.717, 1.165) is 61.8 Å². The van der Waals surface area contributed by atoms with E-state index in [-0.39, 0.29) is 5.91 Å². The van der Waals surface area contributed by atoms with Crippen LogP contribution in [-0.2, 0) is 17.6 Å². The van der Waals surface area contributed by atoms with Crippen LogP contribution in [-0.4, -0.2) is 65.7 Å². The van der Waals surface area contributed by atoms with Gasteiger partial charge in [0.2, 0.25) is 17.6 Å². The quantitative estimate of drug-likeness (QED) is 0.551. The lowest BCUT2D eigenvalue weighted by Crippen LogP contribution is -2.49. The predicted molar refractivity (Wildman–Crippen MR) is 116 cm³/mol. The molecule has 1 aromatic carbocycles. The molecular weight excluding hydrogens is 400 g/mol. The van der Waals surface area contributed by atoms with Gasteiger partial charge in [-0.1, -0.05) is 23.4 Å². The van der Waals surface area contributed by atoms with Crippen LogP contribution in [0.4, 0.5) is 0 Å². The highest BCUT2D eigenvalue weighted by Crippen LogP contribution is 2.21. The number of amides is 1. The summed E-state index contributed by atoms with van der Waals surface area (Å²) in [6, 6.07) is 11.7. The Kier molecular flexibility index (Phi) is 6.76. The number of carbonyl (C=O) groups is 1. The number of methoxy groups -OCH3 is 1. The van der Waals surface area contributed by atoms with Gasteiger partial charge in [0, 0.05) is 32.6 Å². The molecule has 0 atom stereocenters. The Balaban J connectivity index is 1.18. The number of nitrogens with zero attached hydrogens (tertiary/aromatic N) is 4. The van der Waals surface area contributed by atoms with Gasteiger partial charge in [-0.15, -0.1) is 11.3 Å². The third kappa shape index (κ3) is 5.25. The molecule has 3 aromatic rings. The largest absolute Gasteiger partial charge is 0.497 e. The first-order valence-corrected chi connectivity index (χ1v) is 11.1. The highest BCUT2D eigenvalue weighted by molar-refractivity contribution is 7.13. The minimum Gasteiger partial charge on any atom is -0.497 e. The number of aryl methyl sites for hydroxylation is 1. The van der Waals surface area contributed by atoms with E-state index in [1.165, 1.54) is 0 Å². The van der Waals surface area contributed by atoms with Gasteiger partial charge in [0.05, 0.1) is 18.4 Å². The average Bonchev–Trinajstić information content (AvgIpc) is 3.46. The minimum atomic E-state index is 0.176. The number of thiophene rings is 1. The van der Waals surface area contributed by atoms with E-state index in [1.54, 1.807) is 18.4 Å². The van der Waals surface area contributed by atoms with Crippen LogP contribution < -0.4 is 4.74 Å². The maximum absolute atomic E-state index is 12.6. The molecule has 1 amide bonds. The second kappa shape index (κ2) is 9.86. The Labute approximate surface area is 180 Å². The third-order valence-corrected chi connectivity index (χ3v) is 6.15. The fraction of sp³-hybridized carbons (Fsp3) is 0.409. The van der Waals surface area contributed by atoms with Crippen LogP contribution in [0.1, 0.15) is 17.9 Å². The molecule has 1 saturated heterocycles. The number of carbonyl (C=O) groups excluding carboxylic acids is 1. The molecule has 1 aliphatic rings. The summed E-state index contributed by atoms with van der Waals surface area (Å²) < 4.78 is 10.6. The van der Waals surface area contributed by atoms with Crippen molar-refractivity contribution in [3.8, 4) is 16.5 Å². The lowest BCUT2D eigenvalue weighted by atomic mass is 10.1. The highest BCUT2D eigenvalue weighted by Gasteiger charge is 2.21. The first-order valence-electron chi connectivity index (χ1n) is 10.2. The number of piperazine rings is 1. The van der Waals surface area contributed by atoms with Crippen molar-refractivity contribution in [2.24, 2.45) is 0 Å². The van der Waals surface area contributed by atoms with E-state index in [0.29, 0.717) is 18.1 Å². The molecule has 8 heteroatoms. The van der Waals surface area contributed by atoms with Crippen LogP contribution in [0.5, 0.6) is 5.75 Å². The number of hydrogen-bond acceptors (Lipinski definition) is 7. The van der Waals surface area contributed by atoms with E-state index in [1.807, 2.05) is 46.7 Å². The summed E-state index contributed by atoms with van der Waals surface area (Å²) in [6.45, 7) is 4.30. The van der Waals surface area contributed by atoms with Gasteiger partial charge in [-0.05, 0) is 42.1 Å². The standard InChI is InChI=1S/C22H26N4O3S/c1-28-18-6-2-5-17(15-18)16-21(27)26-12-10-25(11-13-26)9-3-8-20-23-22(24-29-20)19-7-4-14-30-19/h2,4-7,14-15H,3,8-13,16H2,1H3. The summed E-state index contributed by atoms with van der Waals surface area (Å²) in [5.41, 5.74) is 0.989. The average molecular weight is 427 g/mol. The molecule has 158 valence electrons. The monoisotopic (exact) mass is 426 g/mol. The Hall–Kier alpha value is -2.71. The normalized spacial score (nSPS) is 14.8. The summed E-state index contributed by atoms with van der Waals surface area (Å²) in [7, 11) is 1.64. The summed E-state index contributed by atoms with van der Waals surface area (Å²) in [5.74, 6) is 2.32. The summed E-state index contributed by atoms with van der Waals surface area (Å²) in [4.78, 5) is 22.5. The molecule has 0 bridgehead atoms. The molecule has 3 heterocycles. The first-order chi connectivity index (χ1) is 14.7. The number of hydrogen-bond donors (Lipinski definition) is 0. The first kappa shape index (κ1) is 20.6. The molecule has 0 N–H and O–H groups in total. The summed E-state index contributed by atoms with van der Waals surface area (Å²) >= 11 is 1.61. The lowest BCUT2D eigenvalue weighted by Gasteiger charge is -2.34. The van der Waals surface area contributed by atoms with Crippen LogP contribution in [0.2, 0.25) is 0 Å². The van der Waals surface area contributed by atoms with Gasteiger partial charge in [0.1, 0.15) is 5.75 Å². The van der Waals surface area contributed by atoms with Crippen molar-refractivity contribution >= 4 is 17.2 Å². The van der Waals surface area contributed by atoms with E-state index in [9.17, 15) is 4.79 Å². The zero-order valence-corrected chi connectivity index (χ0v) is 17.9. The van der Waals surface area contributed by atoms with E-state index >= 15 is 0 Å². The summed E-state index contributed by atoms with van der Waals surface area (Å²) in [6.07, 6.45) is 2.15. The Morgan fingerprint density at radius 2 is 2.07 bits per heavy atom. The Bertz CT molecular complexity index is 949. The molecule has 30 heavy (non-hydrogen) atoms. The summed E-state index contributed by atoms with van der Waals surface area (Å²) in [5, 5.41) is 6.06. The van der Waals surface area contributed by atoms with E-state index in [2.05, 4.69) is 15.0 Å². The number of benzene rings is 1. The molecule has 0 spiro atoms. The number of ether oxygens (including phenoxy) is 1. The van der Waals surface area contributed by atoms with Crippen molar-refractivity contribution < 1.29 is 14.1 Å². The van der Waals surface area contributed by atoms with Crippen LogP contribution in [0.15, 0.2) is 46.3 Å². The molecule has 1 fully saturated rings. The number of aromatic nitrogens is 2. The smallest absolute Gasteiger partial charge is 0.227 e. The maximum Gasteiger partial charge on any atom is 0.227 e. The molecule has 2 aromatic heterocycles. The van der Waals surface area contributed by atoms with Crippen molar-refractivity contribution in [1.29, 1.82) is 0 Å². The van der Waals surface area contributed by atoms with Gasteiger partial charge in [-0.2, -0.15) is 4.98 Å². The van der Waals surface area contributed by atoms with E-state index < -0.39 is 0 Å². The molecular formula is C22H26N4O3S. The van der Waals surface area contributed by atoms with Crippen molar-refractivity contribution in [3.63, 3.8) is 0 Å². The second-order valence-electron chi connectivity index (χ2n) is 7.34. The van der Waals surface area contributed by atoms with Gasteiger partial charge in [0.25, 0.3) is 0 Å². The molecule has 0 saturated carbocycles. The lowest BCUT2D eigenvalue weighted by molar-refractivity contribution is -0.132. The van der Waals surface area contributed by atoms with Gasteiger partial charge >= 0.3 is 0 Å². The molecule has 1 aliphatic heterocycles. The van der Waals surface area contributed by atoms with Crippen molar-refractivity contribution in [3.05, 3.63) is 53.2 Å². The van der Waals surface area contributed by atoms with Crippen LogP contribution in [0, 0.1) is 0 Å². The third-order valence-electron chi connectivity index (χ3n) is 5.29. The zero-order valence-electron chi connectivity index (χ0n) is 17.1.